The number of nitrogens with zero attached hydrogens (tertiary/aromatic N) is 1. The van der Waals surface area contributed by atoms with Gasteiger partial charge in [0.25, 0.3) is 0 Å². The highest BCUT2D eigenvalue weighted by atomic mass is 35.5. The van der Waals surface area contributed by atoms with Crippen molar-refractivity contribution in [1.29, 1.82) is 0 Å². The molecule has 1 heterocycles. The Morgan fingerprint density at radius 1 is 1.46 bits per heavy atom. The maximum atomic E-state index is 5.32. The molecule has 0 amide bonds. The molecular weight excluding hydrogens is 188 g/mol. The lowest BCUT2D eigenvalue weighted by Crippen LogP contribution is -2.06. The summed E-state index contributed by atoms with van der Waals surface area (Å²) in [6, 6.07) is 3.84. The van der Waals surface area contributed by atoms with Gasteiger partial charge in [-0.15, -0.1) is 12.4 Å². The van der Waals surface area contributed by atoms with Gasteiger partial charge in [0.15, 0.2) is 0 Å². The van der Waals surface area contributed by atoms with Crippen molar-refractivity contribution in [3.05, 3.63) is 23.9 Å². The van der Waals surface area contributed by atoms with Crippen LogP contribution in [0.2, 0.25) is 0 Å². The Bertz CT molecular complexity index is 226. The first kappa shape index (κ1) is 12.2. The van der Waals surface area contributed by atoms with Crippen LogP contribution < -0.4 is 10.5 Å². The Morgan fingerprint density at radius 2 is 2.23 bits per heavy atom. The Balaban J connectivity index is 0.00000144. The number of pyridine rings is 1. The summed E-state index contributed by atoms with van der Waals surface area (Å²) in [6.45, 7) is 3.30. The number of halogens is 1. The van der Waals surface area contributed by atoms with Gasteiger partial charge in [0.05, 0.1) is 6.61 Å². The largest absolute Gasteiger partial charge is 0.478 e. The second kappa shape index (κ2) is 6.69. The molecule has 0 unspecified atom stereocenters. The van der Waals surface area contributed by atoms with Crippen LogP contribution in [0.5, 0.6) is 5.88 Å². The van der Waals surface area contributed by atoms with Crippen LogP contribution in [0, 0.1) is 6.92 Å². The van der Waals surface area contributed by atoms with Crippen LogP contribution in [-0.4, -0.2) is 18.1 Å². The number of aryl methyl sites for hydroxylation is 1. The minimum absolute atomic E-state index is 0. The zero-order chi connectivity index (χ0) is 8.81. The van der Waals surface area contributed by atoms with Gasteiger partial charge in [-0.2, -0.15) is 0 Å². The summed E-state index contributed by atoms with van der Waals surface area (Å²) in [5.74, 6) is 0.675. The minimum atomic E-state index is 0. The number of rotatable bonds is 4. The molecule has 0 aliphatic rings. The van der Waals surface area contributed by atoms with E-state index in [0.717, 1.165) is 12.0 Å². The van der Waals surface area contributed by atoms with Gasteiger partial charge in [-0.25, -0.2) is 4.98 Å². The topological polar surface area (TPSA) is 48.1 Å². The normalized spacial score (nSPS) is 9.08. The second-order valence-corrected chi connectivity index (χ2v) is 2.66. The number of hydrogen-bond donors (Lipinski definition) is 1. The van der Waals surface area contributed by atoms with Gasteiger partial charge in [-0.3, -0.25) is 0 Å². The fourth-order valence-corrected chi connectivity index (χ4v) is 0.800. The highest BCUT2D eigenvalue weighted by Gasteiger charge is 1.92. The quantitative estimate of drug-likeness (QED) is 0.754. The number of aromatic nitrogens is 1. The molecule has 1 aromatic heterocycles. The van der Waals surface area contributed by atoms with Crippen molar-refractivity contribution in [1.82, 2.24) is 4.98 Å². The van der Waals surface area contributed by atoms with E-state index < -0.39 is 0 Å². The Morgan fingerprint density at radius 3 is 2.77 bits per heavy atom. The first-order valence-electron chi connectivity index (χ1n) is 4.08. The molecular formula is C9H15ClN2O. The Kier molecular flexibility index (Phi) is 6.28. The van der Waals surface area contributed by atoms with Gasteiger partial charge in [-0.05, 0) is 25.5 Å². The molecule has 1 rings (SSSR count). The second-order valence-electron chi connectivity index (χ2n) is 2.66. The highest BCUT2D eigenvalue weighted by Crippen LogP contribution is 2.06. The van der Waals surface area contributed by atoms with E-state index in [4.69, 9.17) is 10.5 Å². The summed E-state index contributed by atoms with van der Waals surface area (Å²) in [5, 5.41) is 0. The van der Waals surface area contributed by atoms with Gasteiger partial charge in [0, 0.05) is 12.3 Å². The molecule has 0 fully saturated rings. The Hall–Kier alpha value is -0.800. The lowest BCUT2D eigenvalue weighted by molar-refractivity contribution is 0.301. The predicted molar refractivity (Wildman–Crippen MR) is 55.4 cm³/mol. The molecule has 0 bridgehead atoms. The van der Waals surface area contributed by atoms with Gasteiger partial charge in [0.1, 0.15) is 0 Å². The summed E-state index contributed by atoms with van der Waals surface area (Å²) < 4.78 is 5.31. The fourth-order valence-electron chi connectivity index (χ4n) is 0.800. The molecule has 1 aromatic rings. The third-order valence-electron chi connectivity index (χ3n) is 1.48. The highest BCUT2D eigenvalue weighted by molar-refractivity contribution is 5.85. The average Bonchev–Trinajstić information content (AvgIpc) is 2.09. The van der Waals surface area contributed by atoms with Gasteiger partial charge < -0.3 is 10.5 Å². The van der Waals surface area contributed by atoms with Gasteiger partial charge in [0.2, 0.25) is 5.88 Å². The van der Waals surface area contributed by atoms with Gasteiger partial charge >= 0.3 is 0 Å². The van der Waals surface area contributed by atoms with Crippen molar-refractivity contribution < 1.29 is 4.74 Å². The minimum Gasteiger partial charge on any atom is -0.478 e. The van der Waals surface area contributed by atoms with Gasteiger partial charge in [-0.1, -0.05) is 6.07 Å². The maximum absolute atomic E-state index is 5.32. The van der Waals surface area contributed by atoms with Crippen molar-refractivity contribution in [3.63, 3.8) is 0 Å². The van der Waals surface area contributed by atoms with Crippen molar-refractivity contribution in [2.45, 2.75) is 13.3 Å². The molecule has 3 nitrogen and oxygen atoms in total. The fraction of sp³-hybridized carbons (Fsp3) is 0.444. The van der Waals surface area contributed by atoms with Crippen molar-refractivity contribution in [3.8, 4) is 5.88 Å². The summed E-state index contributed by atoms with van der Waals surface area (Å²) in [5.41, 5.74) is 6.46. The molecule has 0 saturated carbocycles. The summed E-state index contributed by atoms with van der Waals surface area (Å²) in [7, 11) is 0. The molecule has 0 aliphatic heterocycles. The summed E-state index contributed by atoms with van der Waals surface area (Å²) in [4.78, 5) is 4.09. The number of nitrogens with two attached hydrogens (primary N) is 1. The third kappa shape index (κ3) is 4.70. The average molecular weight is 203 g/mol. The molecule has 0 aromatic carbocycles. The first-order valence-corrected chi connectivity index (χ1v) is 4.08. The number of hydrogen-bond acceptors (Lipinski definition) is 3. The van der Waals surface area contributed by atoms with E-state index in [9.17, 15) is 0 Å². The van der Waals surface area contributed by atoms with Crippen LogP contribution in [-0.2, 0) is 0 Å². The predicted octanol–water partition coefficient (Wildman–Crippen LogP) is 1.54. The molecule has 0 atom stereocenters. The summed E-state index contributed by atoms with van der Waals surface area (Å²) in [6.07, 6.45) is 2.66. The molecule has 0 spiro atoms. The maximum Gasteiger partial charge on any atom is 0.213 e. The molecule has 0 aliphatic carbocycles. The zero-order valence-electron chi connectivity index (χ0n) is 7.69. The van der Waals surface area contributed by atoms with Crippen LogP contribution in [0.1, 0.15) is 12.0 Å². The van der Waals surface area contributed by atoms with Crippen molar-refractivity contribution >= 4 is 12.4 Å². The smallest absolute Gasteiger partial charge is 0.213 e. The molecule has 4 heteroatoms. The van der Waals surface area contributed by atoms with Crippen LogP contribution >= 0.6 is 12.4 Å². The molecule has 13 heavy (non-hydrogen) atoms. The number of ether oxygens (including phenoxy) is 1. The van der Waals surface area contributed by atoms with Crippen molar-refractivity contribution in [2.75, 3.05) is 13.2 Å². The monoisotopic (exact) mass is 202 g/mol. The molecule has 2 N–H and O–H groups in total. The molecule has 0 radical (unpaired) electrons. The van der Waals surface area contributed by atoms with E-state index in [2.05, 4.69) is 4.98 Å². The third-order valence-corrected chi connectivity index (χ3v) is 1.48. The van der Waals surface area contributed by atoms with Crippen LogP contribution in [0.4, 0.5) is 0 Å². The van der Waals surface area contributed by atoms with E-state index >= 15 is 0 Å². The molecule has 74 valence electrons. The van der Waals surface area contributed by atoms with E-state index in [0.29, 0.717) is 19.0 Å². The van der Waals surface area contributed by atoms with Crippen LogP contribution in [0.15, 0.2) is 18.3 Å². The van der Waals surface area contributed by atoms with Crippen LogP contribution in [0.3, 0.4) is 0 Å². The standard InChI is InChI=1S/C9H14N2O.ClH/c1-8-3-4-9(11-7-8)12-6-2-5-10;/h3-4,7H,2,5-6,10H2,1H3;1H. The van der Waals surface area contributed by atoms with E-state index in [1.807, 2.05) is 19.1 Å². The lowest BCUT2D eigenvalue weighted by atomic mass is 10.3. The van der Waals surface area contributed by atoms with E-state index in [1.165, 1.54) is 0 Å². The Labute approximate surface area is 84.7 Å². The first-order chi connectivity index (χ1) is 5.83. The SMILES string of the molecule is Cc1ccc(OCCCN)nc1.Cl. The summed E-state index contributed by atoms with van der Waals surface area (Å²) >= 11 is 0. The lowest BCUT2D eigenvalue weighted by Gasteiger charge is -2.03. The zero-order valence-corrected chi connectivity index (χ0v) is 8.51. The van der Waals surface area contributed by atoms with E-state index in [-0.39, 0.29) is 12.4 Å². The molecule has 0 saturated heterocycles. The van der Waals surface area contributed by atoms with E-state index in [1.54, 1.807) is 6.20 Å². The van der Waals surface area contributed by atoms with Crippen molar-refractivity contribution in [2.24, 2.45) is 5.73 Å². The van der Waals surface area contributed by atoms with Crippen LogP contribution in [0.25, 0.3) is 0 Å².